The van der Waals surface area contributed by atoms with Crippen molar-refractivity contribution in [2.75, 3.05) is 0 Å². The number of nitrogens with zero attached hydrogens (tertiary/aromatic N) is 1. The number of halogens is 2. The van der Waals surface area contributed by atoms with Crippen molar-refractivity contribution in [3.05, 3.63) is 52.1 Å². The molecule has 0 saturated heterocycles. The smallest absolute Gasteiger partial charge is 0.101 e. The predicted octanol–water partition coefficient (Wildman–Crippen LogP) is 4.65. The summed E-state index contributed by atoms with van der Waals surface area (Å²) in [5, 5.41) is 1.61. The van der Waals surface area contributed by atoms with Gasteiger partial charge in [0.05, 0.1) is 5.02 Å². The third-order valence-corrected chi connectivity index (χ3v) is 3.45. The highest BCUT2D eigenvalue weighted by Gasteiger charge is 1.98. The van der Waals surface area contributed by atoms with Gasteiger partial charge in [-0.25, -0.2) is 4.98 Å². The molecule has 0 fully saturated rings. The maximum absolute atomic E-state index is 5.76. The molecule has 1 aromatic carbocycles. The summed E-state index contributed by atoms with van der Waals surface area (Å²) in [5.74, 6) is 0. The number of hydrogen-bond acceptors (Lipinski definition) is 2. The second kappa shape index (κ2) is 5.01. The van der Waals surface area contributed by atoms with Crippen LogP contribution >= 0.6 is 39.3 Å². The van der Waals surface area contributed by atoms with Gasteiger partial charge in [0.15, 0.2) is 0 Å². The zero-order valence-electron chi connectivity index (χ0n) is 7.65. The highest BCUT2D eigenvalue weighted by atomic mass is 79.9. The average Bonchev–Trinajstić information content (AvgIpc) is 2.25. The van der Waals surface area contributed by atoms with Gasteiger partial charge in [0.25, 0.3) is 0 Å². The van der Waals surface area contributed by atoms with Crippen molar-refractivity contribution >= 4 is 39.3 Å². The molecule has 0 N–H and O–H groups in total. The van der Waals surface area contributed by atoms with Gasteiger partial charge in [0, 0.05) is 15.6 Å². The van der Waals surface area contributed by atoms with Gasteiger partial charge in [-0.05, 0) is 36.4 Å². The molecule has 0 spiro atoms. The lowest BCUT2D eigenvalue weighted by molar-refractivity contribution is 1.13. The number of hydrogen-bond donors (Lipinski definition) is 0. The minimum absolute atomic E-state index is 0.662. The number of pyridine rings is 1. The first-order valence-electron chi connectivity index (χ1n) is 4.29. The molecule has 0 aliphatic carbocycles. The maximum atomic E-state index is 5.76. The molecule has 15 heavy (non-hydrogen) atoms. The van der Waals surface area contributed by atoms with Crippen molar-refractivity contribution in [1.82, 2.24) is 4.98 Å². The van der Waals surface area contributed by atoms with Crippen molar-refractivity contribution in [1.29, 1.82) is 0 Å². The standard InChI is InChI=1S/C11H7BrClNS/c12-8-1-4-10(5-2-8)15-11-6-3-9(13)7-14-11/h1-7H. The minimum Gasteiger partial charge on any atom is -0.248 e. The molecular weight excluding hydrogens is 294 g/mol. The molecule has 4 heteroatoms. The molecule has 1 heterocycles. The SMILES string of the molecule is Clc1ccc(Sc2ccc(Br)cc2)nc1. The number of aromatic nitrogens is 1. The van der Waals surface area contributed by atoms with Crippen LogP contribution in [0.2, 0.25) is 5.02 Å². The molecule has 0 atom stereocenters. The quantitative estimate of drug-likeness (QED) is 0.801. The lowest BCUT2D eigenvalue weighted by Crippen LogP contribution is -1.78. The molecular formula is C11H7BrClNS. The Balaban J connectivity index is 2.15. The van der Waals surface area contributed by atoms with E-state index in [1.54, 1.807) is 18.0 Å². The van der Waals surface area contributed by atoms with Crippen LogP contribution in [0.25, 0.3) is 0 Å². The summed E-state index contributed by atoms with van der Waals surface area (Å²) in [7, 11) is 0. The molecule has 76 valence electrons. The van der Waals surface area contributed by atoms with Crippen molar-refractivity contribution < 1.29 is 0 Å². The lowest BCUT2D eigenvalue weighted by atomic mass is 10.4. The fraction of sp³-hybridized carbons (Fsp3) is 0. The van der Waals surface area contributed by atoms with Crippen molar-refractivity contribution in [3.8, 4) is 0 Å². The molecule has 0 radical (unpaired) electrons. The van der Waals surface area contributed by atoms with Crippen LogP contribution in [0.5, 0.6) is 0 Å². The van der Waals surface area contributed by atoms with Crippen LogP contribution in [0, 0.1) is 0 Å². The van der Waals surface area contributed by atoms with E-state index in [0.717, 1.165) is 14.4 Å². The van der Waals surface area contributed by atoms with Crippen LogP contribution in [-0.2, 0) is 0 Å². The van der Waals surface area contributed by atoms with Crippen LogP contribution in [0.3, 0.4) is 0 Å². The highest BCUT2D eigenvalue weighted by Crippen LogP contribution is 2.27. The summed E-state index contributed by atoms with van der Waals surface area (Å²) in [6.07, 6.45) is 1.66. The molecule has 1 nitrogen and oxygen atoms in total. The number of benzene rings is 1. The van der Waals surface area contributed by atoms with Gasteiger partial charge in [-0.1, -0.05) is 39.3 Å². The van der Waals surface area contributed by atoms with Crippen LogP contribution in [0.15, 0.2) is 57.0 Å². The van der Waals surface area contributed by atoms with Gasteiger partial charge < -0.3 is 0 Å². The van der Waals surface area contributed by atoms with Crippen LogP contribution < -0.4 is 0 Å². The molecule has 2 aromatic rings. The van der Waals surface area contributed by atoms with E-state index in [-0.39, 0.29) is 0 Å². The van der Waals surface area contributed by atoms with Crippen molar-refractivity contribution in [2.24, 2.45) is 0 Å². The van der Waals surface area contributed by atoms with E-state index < -0.39 is 0 Å². The van der Waals surface area contributed by atoms with Crippen LogP contribution in [0.4, 0.5) is 0 Å². The second-order valence-corrected chi connectivity index (χ2v) is 5.32. The topological polar surface area (TPSA) is 12.9 Å². The van der Waals surface area contributed by atoms with Gasteiger partial charge in [0.2, 0.25) is 0 Å². The molecule has 1 aromatic heterocycles. The molecule has 0 aliphatic rings. The summed E-state index contributed by atoms with van der Waals surface area (Å²) in [5.41, 5.74) is 0. The molecule has 0 amide bonds. The van der Waals surface area contributed by atoms with Crippen LogP contribution in [0.1, 0.15) is 0 Å². The van der Waals surface area contributed by atoms with Gasteiger partial charge >= 0.3 is 0 Å². The summed E-state index contributed by atoms with van der Waals surface area (Å²) >= 11 is 10.8. The molecule has 0 saturated carbocycles. The third kappa shape index (κ3) is 3.23. The maximum Gasteiger partial charge on any atom is 0.101 e. The minimum atomic E-state index is 0.662. The average molecular weight is 301 g/mol. The summed E-state index contributed by atoms with van der Waals surface area (Å²) < 4.78 is 1.08. The Hall–Kier alpha value is -0.510. The summed E-state index contributed by atoms with van der Waals surface area (Å²) in [6.45, 7) is 0. The Labute approximate surface area is 106 Å². The predicted molar refractivity (Wildman–Crippen MR) is 67.5 cm³/mol. The van der Waals surface area contributed by atoms with Crippen molar-refractivity contribution in [2.45, 2.75) is 9.92 Å². The van der Waals surface area contributed by atoms with Gasteiger partial charge in [-0.3, -0.25) is 0 Å². The Kier molecular flexibility index (Phi) is 3.67. The number of rotatable bonds is 2. The van der Waals surface area contributed by atoms with Gasteiger partial charge in [-0.2, -0.15) is 0 Å². The lowest BCUT2D eigenvalue weighted by Gasteiger charge is -2.00. The fourth-order valence-electron chi connectivity index (χ4n) is 1.05. The van der Waals surface area contributed by atoms with E-state index in [4.69, 9.17) is 11.6 Å². The Bertz CT molecular complexity index is 398. The first-order chi connectivity index (χ1) is 7.24. The van der Waals surface area contributed by atoms with E-state index in [1.807, 2.05) is 36.4 Å². The first kappa shape index (κ1) is 11.0. The van der Waals surface area contributed by atoms with E-state index in [1.165, 1.54) is 0 Å². The largest absolute Gasteiger partial charge is 0.248 e. The van der Waals surface area contributed by atoms with Gasteiger partial charge in [-0.15, -0.1) is 0 Å². The molecule has 0 aliphatic heterocycles. The zero-order chi connectivity index (χ0) is 10.7. The van der Waals surface area contributed by atoms with Gasteiger partial charge in [0.1, 0.15) is 5.03 Å². The second-order valence-electron chi connectivity index (χ2n) is 2.87. The first-order valence-corrected chi connectivity index (χ1v) is 6.28. The van der Waals surface area contributed by atoms with E-state index in [2.05, 4.69) is 20.9 Å². The molecule has 0 bridgehead atoms. The Morgan fingerprint density at radius 2 is 1.80 bits per heavy atom. The summed E-state index contributed by atoms with van der Waals surface area (Å²) in [4.78, 5) is 5.38. The van der Waals surface area contributed by atoms with E-state index >= 15 is 0 Å². The van der Waals surface area contributed by atoms with Crippen LogP contribution in [-0.4, -0.2) is 4.98 Å². The zero-order valence-corrected chi connectivity index (χ0v) is 10.8. The van der Waals surface area contributed by atoms with Crippen molar-refractivity contribution in [3.63, 3.8) is 0 Å². The van der Waals surface area contributed by atoms with E-state index in [9.17, 15) is 0 Å². The third-order valence-electron chi connectivity index (χ3n) is 1.74. The fourth-order valence-corrected chi connectivity index (χ4v) is 2.18. The Morgan fingerprint density at radius 1 is 1.07 bits per heavy atom. The van der Waals surface area contributed by atoms with E-state index in [0.29, 0.717) is 5.02 Å². The Morgan fingerprint density at radius 3 is 2.40 bits per heavy atom. The molecule has 0 unspecified atom stereocenters. The summed E-state index contributed by atoms with van der Waals surface area (Å²) in [6, 6.07) is 11.9. The highest BCUT2D eigenvalue weighted by molar-refractivity contribution is 9.10. The molecule has 2 rings (SSSR count). The monoisotopic (exact) mass is 299 g/mol. The normalized spacial score (nSPS) is 10.3.